The van der Waals surface area contributed by atoms with E-state index in [1.807, 2.05) is 0 Å². The molecule has 0 unspecified atom stereocenters. The number of amides is 1. The molecule has 1 aromatic heterocycles. The molecule has 0 saturated heterocycles. The monoisotopic (exact) mass is 390 g/mol. The predicted molar refractivity (Wildman–Crippen MR) is 92.7 cm³/mol. The van der Waals surface area contributed by atoms with Gasteiger partial charge in [0.15, 0.2) is 4.34 Å². The van der Waals surface area contributed by atoms with Crippen LogP contribution >= 0.6 is 23.1 Å². The summed E-state index contributed by atoms with van der Waals surface area (Å²) in [5, 5.41) is 14.3. The van der Waals surface area contributed by atoms with E-state index in [2.05, 4.69) is 25.6 Å². The van der Waals surface area contributed by atoms with Gasteiger partial charge in [-0.3, -0.25) is 4.79 Å². The van der Waals surface area contributed by atoms with Gasteiger partial charge in [-0.05, 0) is 24.3 Å². The van der Waals surface area contributed by atoms with Gasteiger partial charge in [0.1, 0.15) is 5.75 Å². The number of rotatable bonds is 10. The average Bonchev–Trinajstić information content (AvgIpc) is 3.02. The van der Waals surface area contributed by atoms with Crippen molar-refractivity contribution in [1.29, 1.82) is 0 Å². The molecule has 0 spiro atoms. The molecule has 25 heavy (non-hydrogen) atoms. The zero-order chi connectivity index (χ0) is 18.1. The molecular formula is C14H16F2N4O3S2. The average molecular weight is 390 g/mol. The second-order valence-electron chi connectivity index (χ2n) is 4.53. The van der Waals surface area contributed by atoms with Gasteiger partial charge in [0.05, 0.1) is 12.4 Å². The lowest BCUT2D eigenvalue weighted by atomic mass is 10.3. The van der Waals surface area contributed by atoms with Crippen molar-refractivity contribution < 1.29 is 23.0 Å². The first-order chi connectivity index (χ1) is 12.1. The van der Waals surface area contributed by atoms with Crippen molar-refractivity contribution in [2.24, 2.45) is 0 Å². The molecule has 7 nitrogen and oxygen atoms in total. The van der Waals surface area contributed by atoms with Gasteiger partial charge >= 0.3 is 6.61 Å². The Labute approximate surface area is 151 Å². The Bertz CT molecular complexity index is 670. The maximum atomic E-state index is 12.1. The first-order valence-electron chi connectivity index (χ1n) is 7.10. The quantitative estimate of drug-likeness (QED) is 0.477. The number of carbonyl (C=O) groups is 1. The summed E-state index contributed by atoms with van der Waals surface area (Å²) in [6.07, 6.45) is 0. The summed E-state index contributed by atoms with van der Waals surface area (Å²) in [7, 11) is 1.61. The zero-order valence-corrected chi connectivity index (χ0v) is 14.8. The fraction of sp³-hybridized carbons (Fsp3) is 0.357. The molecule has 2 rings (SSSR count). The number of carbonyl (C=O) groups excluding carboxylic acids is 1. The number of methoxy groups -OCH3 is 1. The highest BCUT2D eigenvalue weighted by molar-refractivity contribution is 8.01. The predicted octanol–water partition coefficient (Wildman–Crippen LogP) is 2.93. The third-order valence-electron chi connectivity index (χ3n) is 2.68. The normalized spacial score (nSPS) is 10.7. The van der Waals surface area contributed by atoms with Crippen LogP contribution in [0.5, 0.6) is 5.75 Å². The van der Waals surface area contributed by atoms with Crippen LogP contribution in [0.15, 0.2) is 28.6 Å². The molecule has 2 aromatic rings. The van der Waals surface area contributed by atoms with Gasteiger partial charge in [-0.2, -0.15) is 8.78 Å². The number of benzene rings is 1. The number of alkyl halides is 2. The summed E-state index contributed by atoms with van der Waals surface area (Å²) >= 11 is 2.60. The van der Waals surface area contributed by atoms with Crippen molar-refractivity contribution in [2.75, 3.05) is 36.6 Å². The highest BCUT2D eigenvalue weighted by atomic mass is 32.2. The molecular weight excluding hydrogens is 374 g/mol. The number of ether oxygens (including phenoxy) is 2. The van der Waals surface area contributed by atoms with Crippen LogP contribution in [0.1, 0.15) is 0 Å². The van der Waals surface area contributed by atoms with Crippen molar-refractivity contribution >= 4 is 39.8 Å². The molecule has 1 aromatic carbocycles. The lowest BCUT2D eigenvalue weighted by Gasteiger charge is -2.07. The smallest absolute Gasteiger partial charge is 0.387 e. The van der Waals surface area contributed by atoms with E-state index in [4.69, 9.17) is 4.74 Å². The Kier molecular flexibility index (Phi) is 7.82. The van der Waals surface area contributed by atoms with Crippen LogP contribution < -0.4 is 15.4 Å². The van der Waals surface area contributed by atoms with E-state index in [1.165, 1.54) is 47.4 Å². The summed E-state index contributed by atoms with van der Waals surface area (Å²) in [5.41, 5.74) is 0.492. The minimum absolute atomic E-state index is 0.0322. The van der Waals surface area contributed by atoms with E-state index in [1.54, 1.807) is 7.11 Å². The minimum atomic E-state index is -2.88. The van der Waals surface area contributed by atoms with Gasteiger partial charge in [0.25, 0.3) is 0 Å². The van der Waals surface area contributed by atoms with E-state index in [9.17, 15) is 13.6 Å². The van der Waals surface area contributed by atoms with E-state index in [0.29, 0.717) is 28.3 Å². The third kappa shape index (κ3) is 7.20. The van der Waals surface area contributed by atoms with Gasteiger partial charge < -0.3 is 20.1 Å². The molecule has 1 heterocycles. The SMILES string of the molecule is COCCNc1nnc(SCC(=O)Nc2ccc(OC(F)F)cc2)s1. The topological polar surface area (TPSA) is 85.4 Å². The molecule has 0 aliphatic carbocycles. The number of halogens is 2. The Morgan fingerprint density at radius 1 is 1.32 bits per heavy atom. The number of thioether (sulfide) groups is 1. The lowest BCUT2D eigenvalue weighted by molar-refractivity contribution is -0.113. The van der Waals surface area contributed by atoms with Crippen molar-refractivity contribution in [3.8, 4) is 5.75 Å². The molecule has 0 bridgehead atoms. The van der Waals surface area contributed by atoms with Crippen LogP contribution in [-0.2, 0) is 9.53 Å². The second-order valence-corrected chi connectivity index (χ2v) is 6.73. The molecule has 1 amide bonds. The maximum absolute atomic E-state index is 12.1. The number of nitrogens with one attached hydrogen (secondary N) is 2. The number of aromatic nitrogens is 2. The molecule has 2 N–H and O–H groups in total. The van der Waals surface area contributed by atoms with Crippen molar-refractivity contribution in [1.82, 2.24) is 10.2 Å². The van der Waals surface area contributed by atoms with Crippen LogP contribution in [0.2, 0.25) is 0 Å². The number of hydrogen-bond acceptors (Lipinski definition) is 8. The lowest BCUT2D eigenvalue weighted by Crippen LogP contribution is -2.13. The number of hydrogen-bond donors (Lipinski definition) is 2. The van der Waals surface area contributed by atoms with E-state index in [-0.39, 0.29) is 17.4 Å². The maximum Gasteiger partial charge on any atom is 0.387 e. The minimum Gasteiger partial charge on any atom is -0.435 e. The molecule has 136 valence electrons. The molecule has 0 fully saturated rings. The Balaban J connectivity index is 1.75. The fourth-order valence-corrected chi connectivity index (χ4v) is 3.22. The number of nitrogens with zero attached hydrogens (tertiary/aromatic N) is 2. The summed E-state index contributed by atoms with van der Waals surface area (Å²) in [6.45, 7) is -1.69. The first kappa shape index (κ1) is 19.3. The largest absolute Gasteiger partial charge is 0.435 e. The molecule has 0 atom stereocenters. The first-order valence-corrected chi connectivity index (χ1v) is 8.91. The fourth-order valence-electron chi connectivity index (χ4n) is 1.64. The number of anilines is 2. The highest BCUT2D eigenvalue weighted by Crippen LogP contribution is 2.25. The van der Waals surface area contributed by atoms with Crippen LogP contribution in [0.4, 0.5) is 19.6 Å². The van der Waals surface area contributed by atoms with Crippen molar-refractivity contribution in [3.05, 3.63) is 24.3 Å². The summed E-state index contributed by atoms with van der Waals surface area (Å²) < 4.78 is 34.0. The second kappa shape index (κ2) is 10.1. The van der Waals surface area contributed by atoms with Gasteiger partial charge in [0, 0.05) is 19.3 Å². The van der Waals surface area contributed by atoms with Crippen LogP contribution in [0.3, 0.4) is 0 Å². The zero-order valence-electron chi connectivity index (χ0n) is 13.2. The Morgan fingerprint density at radius 2 is 2.08 bits per heavy atom. The van der Waals surface area contributed by atoms with Crippen molar-refractivity contribution in [3.63, 3.8) is 0 Å². The molecule has 0 aliphatic rings. The molecule has 0 saturated carbocycles. The van der Waals surface area contributed by atoms with E-state index < -0.39 is 6.61 Å². The Hall–Kier alpha value is -1.98. The van der Waals surface area contributed by atoms with Crippen LogP contribution in [0.25, 0.3) is 0 Å². The highest BCUT2D eigenvalue weighted by Gasteiger charge is 2.09. The summed E-state index contributed by atoms with van der Waals surface area (Å²) in [5.74, 6) is -0.0523. The van der Waals surface area contributed by atoms with E-state index >= 15 is 0 Å². The van der Waals surface area contributed by atoms with Crippen LogP contribution in [-0.4, -0.2) is 48.7 Å². The van der Waals surface area contributed by atoms with Gasteiger partial charge in [-0.15, -0.1) is 10.2 Å². The van der Waals surface area contributed by atoms with Crippen LogP contribution in [0, 0.1) is 0 Å². The Morgan fingerprint density at radius 3 is 2.76 bits per heavy atom. The van der Waals surface area contributed by atoms with E-state index in [0.717, 1.165) is 0 Å². The van der Waals surface area contributed by atoms with Gasteiger partial charge in [-0.1, -0.05) is 23.1 Å². The molecule has 11 heteroatoms. The van der Waals surface area contributed by atoms with Crippen molar-refractivity contribution in [2.45, 2.75) is 11.0 Å². The van der Waals surface area contributed by atoms with Gasteiger partial charge in [0.2, 0.25) is 11.0 Å². The third-order valence-corrected chi connectivity index (χ3v) is 4.69. The summed E-state index contributed by atoms with van der Waals surface area (Å²) in [4.78, 5) is 11.9. The standard InChI is InChI=1S/C14H16F2N4O3S2/c1-22-7-6-17-13-19-20-14(25-13)24-8-11(21)18-9-2-4-10(5-3-9)23-12(15)16/h2-5,12H,6-8H2,1H3,(H,17,19)(H,18,21). The van der Waals surface area contributed by atoms with Gasteiger partial charge in [-0.25, -0.2) is 0 Å². The molecule has 0 radical (unpaired) electrons. The molecule has 0 aliphatic heterocycles. The summed E-state index contributed by atoms with van der Waals surface area (Å²) in [6, 6.07) is 5.70.